The lowest BCUT2D eigenvalue weighted by Gasteiger charge is -2.43. The molecule has 3 nitrogen and oxygen atoms in total. The van der Waals surface area contributed by atoms with E-state index in [1.807, 2.05) is 48.5 Å². The number of hydrogen-bond acceptors (Lipinski definition) is 1. The summed E-state index contributed by atoms with van der Waals surface area (Å²) in [6, 6.07) is 80.3. The number of rotatable bonds is 9. The minimum atomic E-state index is -2.51. The van der Waals surface area contributed by atoms with Crippen LogP contribution in [0.25, 0.3) is 110 Å². The van der Waals surface area contributed by atoms with Crippen LogP contribution in [0, 0.1) is 0 Å². The monoisotopic (exact) mass is 1090 g/mol. The van der Waals surface area contributed by atoms with E-state index in [9.17, 15) is 0 Å². The zero-order valence-electron chi connectivity index (χ0n) is 46.4. The highest BCUT2D eigenvalue weighted by Crippen LogP contribution is 2.74. The van der Waals surface area contributed by atoms with E-state index in [-0.39, 0.29) is 54.6 Å². The minimum Gasteiger partial charge on any atom is -0.456 e. The standard InChI is InChI=1S/C72H38B10N2OS/c73-61-59(62(74)66(78)69(81)65(61)77)52-37-44(86(41-17-4-1-5-18-41,42-19-6-2-7-20-42)43-21-8-3-9-22-43)38-53(60-63(75)67(79)70(82)68(80)64(60)76)72(52)84-55-29-14-11-24-47(55)50-36-40(32-33-56(50)84)83-54-28-13-10-23-46(54)49-27-16-26-45(71(49)83)39-31-34-58-51(35-39)48-25-12-15-30-57(48)85-58/h1-38H. The van der Waals surface area contributed by atoms with Crippen molar-refractivity contribution in [1.29, 1.82) is 0 Å². The topological polar surface area (TPSA) is 23.0 Å². The Morgan fingerprint density at radius 1 is 0.279 bits per heavy atom. The number of fused-ring (bicyclic) bond motifs is 9. The lowest BCUT2D eigenvalue weighted by Crippen LogP contribution is -2.55. The van der Waals surface area contributed by atoms with Crippen molar-refractivity contribution >= 4 is 209 Å². The average Bonchev–Trinajstić information content (AvgIpc) is 1.28. The molecule has 0 amide bonds. The molecule has 378 valence electrons. The minimum absolute atomic E-state index is 0.0696. The predicted octanol–water partition coefficient (Wildman–Crippen LogP) is 8.06. The van der Waals surface area contributed by atoms with E-state index in [0.717, 1.165) is 102 Å². The van der Waals surface area contributed by atoms with Gasteiger partial charge >= 0.3 is 0 Å². The Hall–Kier alpha value is -8.96. The van der Waals surface area contributed by atoms with Gasteiger partial charge in [-0.3, -0.25) is 0 Å². The van der Waals surface area contributed by atoms with E-state index in [0.29, 0.717) is 27.9 Å². The number of hydrogen-bond donors (Lipinski definition) is 0. The van der Waals surface area contributed by atoms with Crippen LogP contribution in [0.1, 0.15) is 0 Å². The van der Waals surface area contributed by atoms with E-state index < -0.39 is 10.0 Å². The molecule has 0 saturated heterocycles. The maximum absolute atomic E-state index is 7.35. The van der Waals surface area contributed by atoms with Crippen molar-refractivity contribution < 1.29 is 4.42 Å². The summed E-state index contributed by atoms with van der Waals surface area (Å²) in [4.78, 5) is 3.94. The fourth-order valence-corrected chi connectivity index (χ4v) is 17.0. The van der Waals surface area contributed by atoms with Gasteiger partial charge in [-0.1, -0.05) is 155 Å². The van der Waals surface area contributed by atoms with Crippen molar-refractivity contribution in [2.45, 2.75) is 19.6 Å². The highest BCUT2D eigenvalue weighted by atomic mass is 32.3. The van der Waals surface area contributed by atoms with Gasteiger partial charge in [0.05, 0.1) is 27.8 Å². The smallest absolute Gasteiger partial charge is 0.135 e. The molecule has 0 atom stereocenters. The largest absolute Gasteiger partial charge is 0.456 e. The third-order valence-corrected chi connectivity index (χ3v) is 21.1. The highest BCUT2D eigenvalue weighted by molar-refractivity contribution is 8.34. The first-order valence-electron chi connectivity index (χ1n) is 28.0. The van der Waals surface area contributed by atoms with Crippen LogP contribution < -0.4 is 54.6 Å². The van der Waals surface area contributed by atoms with Gasteiger partial charge in [0.2, 0.25) is 0 Å². The van der Waals surface area contributed by atoms with E-state index in [1.54, 1.807) is 0 Å². The second-order valence-corrected chi connectivity index (χ2v) is 24.8. The average molecular weight is 1090 g/mol. The van der Waals surface area contributed by atoms with Gasteiger partial charge in [0.1, 0.15) is 89.6 Å². The molecule has 0 aliphatic carbocycles. The lowest BCUT2D eigenvalue weighted by atomic mass is 9.58. The fourth-order valence-electron chi connectivity index (χ4n) is 13.1. The van der Waals surface area contributed by atoms with Gasteiger partial charge in [-0.05, 0) is 114 Å². The van der Waals surface area contributed by atoms with Crippen LogP contribution >= 0.6 is 10.0 Å². The molecular weight excluding hydrogens is 1050 g/mol. The molecule has 0 saturated carbocycles. The Labute approximate surface area is 513 Å². The van der Waals surface area contributed by atoms with Gasteiger partial charge in [0.25, 0.3) is 0 Å². The molecule has 0 N–H and O–H groups in total. The van der Waals surface area contributed by atoms with Gasteiger partial charge in [0.15, 0.2) is 0 Å². The zero-order chi connectivity index (χ0) is 58.9. The molecule has 0 spiro atoms. The second-order valence-electron chi connectivity index (χ2n) is 21.7. The molecule has 14 heteroatoms. The number of para-hydroxylation sites is 4. The van der Waals surface area contributed by atoms with E-state index in [4.69, 9.17) is 82.9 Å². The number of nitrogens with zero attached hydrogens (tertiary/aromatic N) is 2. The van der Waals surface area contributed by atoms with Gasteiger partial charge in [-0.15, -0.1) is 42.8 Å². The molecule has 15 aromatic rings. The Kier molecular flexibility index (Phi) is 12.9. The second kappa shape index (κ2) is 20.6. The molecule has 0 aliphatic rings. The molecule has 3 heterocycles. The Bertz CT molecular complexity index is 5070. The maximum Gasteiger partial charge on any atom is 0.135 e. The first-order chi connectivity index (χ1) is 41.9. The van der Waals surface area contributed by atoms with Crippen LogP contribution in [0.4, 0.5) is 0 Å². The summed E-state index contributed by atoms with van der Waals surface area (Å²) >= 11 is 0. The summed E-state index contributed by atoms with van der Waals surface area (Å²) in [7, 11) is 68.0. The molecule has 12 aromatic carbocycles. The van der Waals surface area contributed by atoms with E-state index in [2.05, 4.69) is 191 Å². The number of benzene rings is 12. The lowest BCUT2D eigenvalue weighted by molar-refractivity contribution is 0.669. The molecule has 0 unspecified atom stereocenters. The van der Waals surface area contributed by atoms with Crippen molar-refractivity contribution in [3.05, 3.63) is 231 Å². The van der Waals surface area contributed by atoms with Crippen LogP contribution in [-0.2, 0) is 0 Å². The van der Waals surface area contributed by atoms with Crippen molar-refractivity contribution in [2.75, 3.05) is 0 Å². The van der Waals surface area contributed by atoms with Crippen LogP contribution in [0.2, 0.25) is 0 Å². The van der Waals surface area contributed by atoms with Gasteiger partial charge in [0, 0.05) is 74.3 Å². The molecular formula is C72H38B10N2OS. The van der Waals surface area contributed by atoms with Crippen LogP contribution in [0.3, 0.4) is 0 Å². The van der Waals surface area contributed by atoms with Crippen molar-refractivity contribution in [3.8, 4) is 44.8 Å². The van der Waals surface area contributed by atoms with Crippen molar-refractivity contribution in [3.63, 3.8) is 0 Å². The zero-order valence-corrected chi connectivity index (χ0v) is 47.2. The summed E-state index contributed by atoms with van der Waals surface area (Å²) in [5.74, 6) is 0. The maximum atomic E-state index is 7.35. The van der Waals surface area contributed by atoms with Crippen molar-refractivity contribution in [1.82, 2.24) is 9.13 Å². The molecule has 20 radical (unpaired) electrons. The summed E-state index contributed by atoms with van der Waals surface area (Å²) in [5.41, 5.74) is 11.8. The summed E-state index contributed by atoms with van der Waals surface area (Å²) in [5, 5.41) is 6.21. The molecule has 15 rings (SSSR count). The van der Waals surface area contributed by atoms with Gasteiger partial charge in [-0.25, -0.2) is 0 Å². The predicted molar refractivity (Wildman–Crippen MR) is 373 cm³/mol. The summed E-state index contributed by atoms with van der Waals surface area (Å²) in [6.45, 7) is 0. The molecule has 3 aromatic heterocycles. The Morgan fingerprint density at radius 3 is 1.26 bits per heavy atom. The Morgan fingerprint density at radius 2 is 0.709 bits per heavy atom. The molecule has 0 aliphatic heterocycles. The third kappa shape index (κ3) is 7.91. The summed E-state index contributed by atoms with van der Waals surface area (Å²) < 4.78 is 10.9. The third-order valence-electron chi connectivity index (χ3n) is 17.2. The first kappa shape index (κ1) is 53.7. The number of aromatic nitrogens is 2. The fraction of sp³-hybridized carbons (Fsp3) is 0. The van der Waals surface area contributed by atoms with E-state index in [1.165, 1.54) is 0 Å². The Balaban J connectivity index is 1.10. The van der Waals surface area contributed by atoms with Crippen LogP contribution in [-0.4, -0.2) is 87.6 Å². The van der Waals surface area contributed by atoms with Gasteiger partial charge in [-0.2, -0.15) is 0 Å². The molecule has 0 bridgehead atoms. The summed E-state index contributed by atoms with van der Waals surface area (Å²) in [6.07, 6.45) is 0. The quantitative estimate of drug-likeness (QED) is 0.134. The van der Waals surface area contributed by atoms with Gasteiger partial charge < -0.3 is 13.6 Å². The van der Waals surface area contributed by atoms with Crippen LogP contribution in [0.15, 0.2) is 255 Å². The SMILES string of the molecule is [B]c1c([B])c([B])c(-c2cc(S(c3ccccc3)(c3ccccc3)c3ccccc3)cc(-c3c([B])c([B])c([B])c([B])c3[B])c2-n2c3ccccc3c3cc(-n4c5ccccc5c5cccc(-c6ccc7oc8ccccc8c7c6)c54)ccc32)c([B])c1[B]. The number of furan rings is 1. The normalized spacial score (nSPS) is 12.1. The van der Waals surface area contributed by atoms with E-state index >= 15 is 0 Å². The molecule has 0 fully saturated rings. The molecule has 86 heavy (non-hydrogen) atoms. The van der Waals surface area contributed by atoms with Crippen molar-refractivity contribution in [2.24, 2.45) is 0 Å². The van der Waals surface area contributed by atoms with Crippen LogP contribution in [0.5, 0.6) is 0 Å². The highest BCUT2D eigenvalue weighted by Gasteiger charge is 2.36. The first-order valence-corrected chi connectivity index (χ1v) is 29.7.